The van der Waals surface area contributed by atoms with Crippen molar-refractivity contribution in [3.8, 4) is 0 Å². The van der Waals surface area contributed by atoms with E-state index in [1.165, 1.54) is 0 Å². The number of rotatable bonds is 4. The molecule has 0 spiro atoms. The third kappa shape index (κ3) is 3.39. The van der Waals surface area contributed by atoms with Crippen LogP contribution >= 0.6 is 0 Å². The Morgan fingerprint density at radius 2 is 2.13 bits per heavy atom. The molecule has 0 aliphatic rings. The van der Waals surface area contributed by atoms with Crippen LogP contribution in [0, 0.1) is 5.41 Å². The summed E-state index contributed by atoms with van der Waals surface area (Å²) in [5.41, 5.74) is 1.14. The summed E-state index contributed by atoms with van der Waals surface area (Å²) < 4.78 is 3.74. The van der Waals surface area contributed by atoms with Gasteiger partial charge in [0.15, 0.2) is 5.65 Å². The molecule has 0 aliphatic carbocycles. The summed E-state index contributed by atoms with van der Waals surface area (Å²) in [4.78, 5) is 16.7. The fraction of sp³-hybridized carbons (Fsp3) is 0.375. The van der Waals surface area contributed by atoms with E-state index in [4.69, 9.17) is 0 Å². The lowest BCUT2D eigenvalue weighted by Gasteiger charge is -2.31. The van der Waals surface area contributed by atoms with Crippen molar-refractivity contribution in [3.63, 3.8) is 0 Å². The van der Waals surface area contributed by atoms with E-state index in [1.807, 2.05) is 10.8 Å². The number of hydrogen-bond donors (Lipinski definition) is 1. The van der Waals surface area contributed by atoms with Crippen molar-refractivity contribution in [1.29, 1.82) is 0 Å². The van der Waals surface area contributed by atoms with Crippen LogP contribution in [-0.4, -0.2) is 36.1 Å². The number of aromatic nitrogens is 5. The maximum atomic E-state index is 12.6. The molecule has 1 amide bonds. The molecule has 3 rings (SSSR count). The van der Waals surface area contributed by atoms with Gasteiger partial charge in [0.05, 0.1) is 12.4 Å². The summed E-state index contributed by atoms with van der Waals surface area (Å²) in [7, 11) is 0. The molecule has 0 saturated carbocycles. The molecule has 0 radical (unpaired) electrons. The Hall–Kier alpha value is -2.70. The van der Waals surface area contributed by atoms with Gasteiger partial charge in [0.25, 0.3) is 5.91 Å². The number of pyridine rings is 1. The number of carbonyl (C=O) groups excluding carboxylic acids is 1. The first-order chi connectivity index (χ1) is 10.9. The molecule has 3 aromatic rings. The molecule has 0 aliphatic heterocycles. The Balaban J connectivity index is 1.79. The molecule has 3 aromatic heterocycles. The molecule has 1 atom stereocenters. The number of imidazole rings is 1. The van der Waals surface area contributed by atoms with Crippen molar-refractivity contribution in [1.82, 2.24) is 29.5 Å². The smallest absolute Gasteiger partial charge is 0.251 e. The third-order valence-electron chi connectivity index (χ3n) is 3.87. The molecule has 0 unspecified atom stereocenters. The zero-order chi connectivity index (χ0) is 16.4. The average molecular weight is 312 g/mol. The maximum absolute atomic E-state index is 12.6. The minimum atomic E-state index is -0.115. The normalized spacial score (nSPS) is 13.2. The topological polar surface area (TPSA) is 77.1 Å². The van der Waals surface area contributed by atoms with E-state index in [1.54, 1.807) is 41.6 Å². The fourth-order valence-corrected chi connectivity index (χ4v) is 2.34. The molecule has 23 heavy (non-hydrogen) atoms. The van der Waals surface area contributed by atoms with Crippen LogP contribution in [0.15, 0.2) is 43.4 Å². The highest BCUT2D eigenvalue weighted by molar-refractivity contribution is 5.95. The molecule has 7 heteroatoms. The molecule has 1 N–H and O–H groups in total. The van der Waals surface area contributed by atoms with E-state index in [9.17, 15) is 4.79 Å². The summed E-state index contributed by atoms with van der Waals surface area (Å²) in [6.07, 6.45) is 8.78. The van der Waals surface area contributed by atoms with E-state index in [2.05, 4.69) is 41.3 Å². The molecular formula is C16H20N6O. The van der Waals surface area contributed by atoms with E-state index in [0.29, 0.717) is 17.8 Å². The van der Waals surface area contributed by atoms with Gasteiger partial charge in [-0.3, -0.25) is 9.20 Å². The lowest BCUT2D eigenvalue weighted by atomic mass is 9.86. The van der Waals surface area contributed by atoms with Crippen molar-refractivity contribution < 1.29 is 4.79 Å². The number of amides is 1. The van der Waals surface area contributed by atoms with Gasteiger partial charge in [-0.1, -0.05) is 20.8 Å². The second kappa shape index (κ2) is 5.83. The first-order valence-electron chi connectivity index (χ1n) is 7.49. The van der Waals surface area contributed by atoms with Crippen LogP contribution in [0.5, 0.6) is 0 Å². The van der Waals surface area contributed by atoms with Crippen LogP contribution in [-0.2, 0) is 6.54 Å². The van der Waals surface area contributed by atoms with Crippen LogP contribution in [0.2, 0.25) is 0 Å². The Labute approximate surface area is 134 Å². The Bertz CT molecular complexity index is 799. The standard InChI is InChI=1S/C16H20N6O/c1-16(2,3)13(9-21-7-5-17-10-21)19-15(23)12-4-6-22-11-18-20-14(22)8-12/h4-8,10-11,13H,9H2,1-3H3,(H,19,23)/t13-/m1/s1. The highest BCUT2D eigenvalue weighted by Gasteiger charge is 2.27. The lowest BCUT2D eigenvalue weighted by Crippen LogP contribution is -2.46. The molecule has 7 nitrogen and oxygen atoms in total. The van der Waals surface area contributed by atoms with Crippen LogP contribution in [0.3, 0.4) is 0 Å². The van der Waals surface area contributed by atoms with Crippen LogP contribution < -0.4 is 5.32 Å². The van der Waals surface area contributed by atoms with Gasteiger partial charge < -0.3 is 9.88 Å². The number of carbonyl (C=O) groups is 1. The summed E-state index contributed by atoms with van der Waals surface area (Å²) >= 11 is 0. The zero-order valence-corrected chi connectivity index (χ0v) is 13.5. The van der Waals surface area contributed by atoms with Gasteiger partial charge in [0.1, 0.15) is 6.33 Å². The molecular weight excluding hydrogens is 292 g/mol. The fourth-order valence-electron chi connectivity index (χ4n) is 2.34. The molecule has 120 valence electrons. The van der Waals surface area contributed by atoms with Crippen molar-refractivity contribution in [2.24, 2.45) is 5.41 Å². The second-order valence-electron chi connectivity index (χ2n) is 6.66. The predicted octanol–water partition coefficient (Wildman–Crippen LogP) is 1.77. The Kier molecular flexibility index (Phi) is 3.85. The summed E-state index contributed by atoms with van der Waals surface area (Å²) in [6, 6.07) is 3.47. The number of hydrogen-bond acceptors (Lipinski definition) is 4. The van der Waals surface area contributed by atoms with Gasteiger partial charge in [-0.25, -0.2) is 4.98 Å². The minimum Gasteiger partial charge on any atom is -0.347 e. The molecule has 0 aromatic carbocycles. The molecule has 0 saturated heterocycles. The van der Waals surface area contributed by atoms with Gasteiger partial charge in [0.2, 0.25) is 0 Å². The van der Waals surface area contributed by atoms with E-state index in [-0.39, 0.29) is 17.4 Å². The molecule has 3 heterocycles. The summed E-state index contributed by atoms with van der Waals surface area (Å²) in [6.45, 7) is 6.99. The van der Waals surface area contributed by atoms with E-state index < -0.39 is 0 Å². The quantitative estimate of drug-likeness (QED) is 0.796. The van der Waals surface area contributed by atoms with Gasteiger partial charge in [-0.15, -0.1) is 10.2 Å². The first-order valence-corrected chi connectivity index (χ1v) is 7.49. The zero-order valence-electron chi connectivity index (χ0n) is 13.5. The maximum Gasteiger partial charge on any atom is 0.251 e. The first kappa shape index (κ1) is 15.2. The second-order valence-corrected chi connectivity index (χ2v) is 6.66. The largest absolute Gasteiger partial charge is 0.347 e. The number of fused-ring (bicyclic) bond motifs is 1. The summed E-state index contributed by atoms with van der Waals surface area (Å²) in [5, 5.41) is 10.9. The third-order valence-corrected chi connectivity index (χ3v) is 3.87. The van der Waals surface area contributed by atoms with E-state index >= 15 is 0 Å². The number of nitrogens with one attached hydrogen (secondary N) is 1. The van der Waals surface area contributed by atoms with Crippen LogP contribution in [0.25, 0.3) is 5.65 Å². The van der Waals surface area contributed by atoms with Crippen molar-refractivity contribution >= 4 is 11.6 Å². The Morgan fingerprint density at radius 1 is 1.30 bits per heavy atom. The lowest BCUT2D eigenvalue weighted by molar-refractivity contribution is 0.0892. The highest BCUT2D eigenvalue weighted by Crippen LogP contribution is 2.21. The van der Waals surface area contributed by atoms with Gasteiger partial charge in [-0.2, -0.15) is 0 Å². The Morgan fingerprint density at radius 3 is 2.83 bits per heavy atom. The van der Waals surface area contributed by atoms with Crippen molar-refractivity contribution in [2.45, 2.75) is 33.4 Å². The average Bonchev–Trinajstić information content (AvgIpc) is 3.15. The summed E-state index contributed by atoms with van der Waals surface area (Å²) in [5.74, 6) is -0.115. The molecule has 0 fully saturated rings. The van der Waals surface area contributed by atoms with Crippen molar-refractivity contribution in [2.75, 3.05) is 0 Å². The highest BCUT2D eigenvalue weighted by atomic mass is 16.1. The van der Waals surface area contributed by atoms with Crippen molar-refractivity contribution in [3.05, 3.63) is 48.9 Å². The SMILES string of the molecule is CC(C)(C)[C@@H](Cn1ccnc1)NC(=O)c1ccn2cnnc2c1. The molecule has 0 bridgehead atoms. The van der Waals surface area contributed by atoms with Gasteiger partial charge in [0, 0.05) is 30.7 Å². The van der Waals surface area contributed by atoms with Crippen LogP contribution in [0.1, 0.15) is 31.1 Å². The monoisotopic (exact) mass is 312 g/mol. The van der Waals surface area contributed by atoms with Gasteiger partial charge in [-0.05, 0) is 17.5 Å². The van der Waals surface area contributed by atoms with E-state index in [0.717, 1.165) is 0 Å². The number of nitrogens with zero attached hydrogens (tertiary/aromatic N) is 5. The predicted molar refractivity (Wildman–Crippen MR) is 85.9 cm³/mol. The minimum absolute atomic E-state index is 0.0294. The van der Waals surface area contributed by atoms with Gasteiger partial charge >= 0.3 is 0 Å². The van der Waals surface area contributed by atoms with Crippen LogP contribution in [0.4, 0.5) is 0 Å².